The number of benzene rings is 2. The molecule has 0 aliphatic heterocycles. The van der Waals surface area contributed by atoms with Crippen molar-refractivity contribution in [1.82, 2.24) is 9.88 Å². The van der Waals surface area contributed by atoms with Crippen molar-refractivity contribution in [2.45, 2.75) is 13.1 Å². The van der Waals surface area contributed by atoms with Gasteiger partial charge in [-0.05, 0) is 42.5 Å². The zero-order chi connectivity index (χ0) is 23.2. The summed E-state index contributed by atoms with van der Waals surface area (Å²) in [6.45, 7) is 0.225. The number of azo groups is 1. The van der Waals surface area contributed by atoms with Crippen LogP contribution in [0.2, 0.25) is 0 Å². The number of fused-ring (bicyclic) bond motifs is 1. The van der Waals surface area contributed by atoms with Crippen LogP contribution >= 0.6 is 12.2 Å². The topological polar surface area (TPSA) is 113 Å². The first-order valence-corrected chi connectivity index (χ1v) is 10.4. The zero-order valence-electron chi connectivity index (χ0n) is 17.7. The molecule has 1 amide bonds. The van der Waals surface area contributed by atoms with Crippen LogP contribution in [0.4, 0.5) is 11.4 Å². The minimum Gasteiger partial charge on any atom is -0.495 e. The SMILES string of the molecule is COc1ccccc1NC(=O)Cn1c(O)c(N=NC(=S)NCc2ccco2)c2ccccc21. The smallest absolute Gasteiger partial charge is 0.244 e. The van der Waals surface area contributed by atoms with Gasteiger partial charge in [0.05, 0.1) is 31.1 Å². The van der Waals surface area contributed by atoms with Crippen molar-refractivity contribution in [3.8, 4) is 11.6 Å². The van der Waals surface area contributed by atoms with Crippen molar-refractivity contribution in [2.75, 3.05) is 12.4 Å². The van der Waals surface area contributed by atoms with Crippen LogP contribution < -0.4 is 15.4 Å². The summed E-state index contributed by atoms with van der Waals surface area (Å²) in [7, 11) is 1.53. The number of carbonyl (C=O) groups is 1. The molecule has 33 heavy (non-hydrogen) atoms. The predicted molar refractivity (Wildman–Crippen MR) is 128 cm³/mol. The van der Waals surface area contributed by atoms with Crippen LogP contribution in [-0.2, 0) is 17.9 Å². The van der Waals surface area contributed by atoms with Crippen molar-refractivity contribution in [1.29, 1.82) is 0 Å². The Bertz CT molecular complexity index is 1310. The summed E-state index contributed by atoms with van der Waals surface area (Å²) in [6.07, 6.45) is 1.57. The highest BCUT2D eigenvalue weighted by Gasteiger charge is 2.19. The molecule has 0 radical (unpaired) electrons. The Labute approximate surface area is 194 Å². The molecular weight excluding hydrogens is 442 g/mol. The molecule has 10 heteroatoms. The monoisotopic (exact) mass is 463 g/mol. The lowest BCUT2D eigenvalue weighted by molar-refractivity contribution is -0.116. The number of anilines is 1. The molecule has 0 unspecified atom stereocenters. The Morgan fingerprint density at radius 3 is 2.73 bits per heavy atom. The van der Waals surface area contributed by atoms with Gasteiger partial charge in [0.1, 0.15) is 18.1 Å². The summed E-state index contributed by atoms with van der Waals surface area (Å²) in [5.74, 6) is 0.712. The fourth-order valence-electron chi connectivity index (χ4n) is 3.32. The molecule has 4 aromatic rings. The summed E-state index contributed by atoms with van der Waals surface area (Å²) in [4.78, 5) is 12.7. The van der Waals surface area contributed by atoms with Crippen molar-refractivity contribution >= 4 is 45.5 Å². The first-order chi connectivity index (χ1) is 16.1. The van der Waals surface area contributed by atoms with Gasteiger partial charge in [0.25, 0.3) is 0 Å². The van der Waals surface area contributed by atoms with E-state index in [-0.39, 0.29) is 29.1 Å². The number of ether oxygens (including phenoxy) is 1. The standard InChI is InChI=1S/C23H21N5O4S/c1-31-19-11-5-3-9-17(19)25-20(29)14-28-18-10-4-2-8-16(18)21(22(28)30)26-27-23(33)24-13-15-7-6-12-32-15/h2-12,30H,13-14H2,1H3,(H,24,33)(H,25,29). The van der Waals surface area contributed by atoms with E-state index in [1.54, 1.807) is 42.7 Å². The molecule has 168 valence electrons. The molecule has 0 fully saturated rings. The molecule has 0 atom stereocenters. The molecule has 2 aromatic heterocycles. The third kappa shape index (κ3) is 5.01. The predicted octanol–water partition coefficient (Wildman–Crippen LogP) is 4.75. The van der Waals surface area contributed by atoms with E-state index in [4.69, 9.17) is 21.4 Å². The molecule has 3 N–H and O–H groups in total. The molecule has 0 saturated heterocycles. The van der Waals surface area contributed by atoms with Crippen LogP contribution in [0.3, 0.4) is 0 Å². The molecule has 9 nitrogen and oxygen atoms in total. The third-order valence-electron chi connectivity index (χ3n) is 4.83. The number of furan rings is 1. The molecule has 0 aliphatic rings. The van der Waals surface area contributed by atoms with Crippen LogP contribution in [0.25, 0.3) is 10.9 Å². The van der Waals surface area contributed by atoms with E-state index in [2.05, 4.69) is 20.9 Å². The van der Waals surface area contributed by atoms with Crippen LogP contribution in [0.15, 0.2) is 81.6 Å². The number of para-hydroxylation sites is 3. The number of carbonyl (C=O) groups excluding carboxylic acids is 1. The number of hydrogen-bond acceptors (Lipinski definition) is 6. The lowest BCUT2D eigenvalue weighted by atomic mass is 10.2. The van der Waals surface area contributed by atoms with Gasteiger partial charge in [0.15, 0.2) is 5.69 Å². The quantitative estimate of drug-likeness (QED) is 0.269. The van der Waals surface area contributed by atoms with E-state index in [0.29, 0.717) is 34.6 Å². The maximum Gasteiger partial charge on any atom is 0.244 e. The van der Waals surface area contributed by atoms with Gasteiger partial charge in [-0.1, -0.05) is 30.3 Å². The first kappa shape index (κ1) is 22.0. The second-order valence-electron chi connectivity index (χ2n) is 6.96. The Kier molecular flexibility index (Phi) is 6.65. The number of amides is 1. The highest BCUT2D eigenvalue weighted by atomic mass is 32.1. The number of aromatic nitrogens is 1. The number of rotatable bonds is 7. The number of nitrogens with one attached hydrogen (secondary N) is 2. The van der Waals surface area contributed by atoms with Gasteiger partial charge in [0.2, 0.25) is 16.9 Å². The minimum atomic E-state index is -0.338. The maximum atomic E-state index is 12.7. The average Bonchev–Trinajstić information content (AvgIpc) is 3.44. The first-order valence-electron chi connectivity index (χ1n) is 10.0. The van der Waals surface area contributed by atoms with Crippen molar-refractivity contribution < 1.29 is 19.1 Å². The van der Waals surface area contributed by atoms with Crippen LogP contribution in [0.1, 0.15) is 5.76 Å². The summed E-state index contributed by atoms with van der Waals surface area (Å²) >= 11 is 5.19. The van der Waals surface area contributed by atoms with Crippen molar-refractivity contribution in [3.05, 3.63) is 72.7 Å². The highest BCUT2D eigenvalue weighted by molar-refractivity contribution is 7.80. The van der Waals surface area contributed by atoms with Gasteiger partial charge in [-0.15, -0.1) is 10.2 Å². The normalized spacial score (nSPS) is 11.1. The average molecular weight is 464 g/mol. The molecular formula is C23H21N5O4S. The van der Waals surface area contributed by atoms with E-state index >= 15 is 0 Å². The zero-order valence-corrected chi connectivity index (χ0v) is 18.5. The second-order valence-corrected chi connectivity index (χ2v) is 7.35. The molecule has 0 spiro atoms. The van der Waals surface area contributed by atoms with Crippen molar-refractivity contribution in [3.63, 3.8) is 0 Å². The fraction of sp³-hybridized carbons (Fsp3) is 0.130. The van der Waals surface area contributed by atoms with E-state index < -0.39 is 0 Å². The Morgan fingerprint density at radius 1 is 1.15 bits per heavy atom. The molecule has 0 saturated carbocycles. The number of nitrogens with zero attached hydrogens (tertiary/aromatic N) is 3. The van der Waals surface area contributed by atoms with E-state index in [9.17, 15) is 9.90 Å². The van der Waals surface area contributed by atoms with Crippen LogP contribution in [0, 0.1) is 0 Å². The van der Waals surface area contributed by atoms with Crippen LogP contribution in [0.5, 0.6) is 11.6 Å². The number of methoxy groups -OCH3 is 1. The molecule has 2 heterocycles. The van der Waals surface area contributed by atoms with E-state index in [1.807, 2.05) is 24.3 Å². The molecule has 2 aromatic carbocycles. The van der Waals surface area contributed by atoms with Gasteiger partial charge in [-0.2, -0.15) is 0 Å². The molecule has 0 aliphatic carbocycles. The summed E-state index contributed by atoms with van der Waals surface area (Å²) in [5, 5.41) is 25.5. The second kappa shape index (κ2) is 9.96. The maximum absolute atomic E-state index is 12.7. The lowest BCUT2D eigenvalue weighted by Gasteiger charge is -2.11. The number of aromatic hydroxyl groups is 1. The van der Waals surface area contributed by atoms with Crippen molar-refractivity contribution in [2.24, 2.45) is 10.2 Å². The summed E-state index contributed by atoms with van der Waals surface area (Å²) < 4.78 is 12.0. The van der Waals surface area contributed by atoms with Gasteiger partial charge in [0, 0.05) is 5.39 Å². The third-order valence-corrected chi connectivity index (χ3v) is 5.06. The van der Waals surface area contributed by atoms with Gasteiger partial charge >= 0.3 is 0 Å². The minimum absolute atomic E-state index is 0.136. The van der Waals surface area contributed by atoms with Gasteiger partial charge < -0.3 is 29.5 Å². The Balaban J connectivity index is 1.54. The van der Waals surface area contributed by atoms with Gasteiger partial charge in [-0.3, -0.25) is 4.79 Å². The number of hydrogen-bond donors (Lipinski definition) is 3. The van der Waals surface area contributed by atoms with Crippen LogP contribution in [-0.4, -0.2) is 27.8 Å². The fourth-order valence-corrected chi connectivity index (χ4v) is 3.43. The van der Waals surface area contributed by atoms with Gasteiger partial charge in [-0.25, -0.2) is 0 Å². The number of thiocarbonyl (C=S) groups is 1. The van der Waals surface area contributed by atoms with E-state index in [1.165, 1.54) is 11.7 Å². The summed E-state index contributed by atoms with van der Waals surface area (Å²) in [5.41, 5.74) is 1.39. The molecule has 4 rings (SSSR count). The lowest BCUT2D eigenvalue weighted by Crippen LogP contribution is -2.18. The molecule has 0 bridgehead atoms. The highest BCUT2D eigenvalue weighted by Crippen LogP contribution is 2.38. The Morgan fingerprint density at radius 2 is 1.94 bits per heavy atom. The van der Waals surface area contributed by atoms with E-state index in [0.717, 1.165) is 0 Å². The largest absolute Gasteiger partial charge is 0.495 e. The summed E-state index contributed by atoms with van der Waals surface area (Å²) in [6, 6.07) is 17.9. The Hall–Kier alpha value is -4.18.